The van der Waals surface area contributed by atoms with Gasteiger partial charge in [0.05, 0.1) is 6.10 Å². The van der Waals surface area contributed by atoms with Crippen molar-refractivity contribution >= 4 is 8.81 Å². The van der Waals surface area contributed by atoms with Gasteiger partial charge in [0.25, 0.3) is 0 Å². The first kappa shape index (κ1) is 23.4. The molecular weight excluding hydrogens is 299 g/mol. The third kappa shape index (κ3) is 18.6. The van der Waals surface area contributed by atoms with Crippen molar-refractivity contribution in [1.82, 2.24) is 0 Å². The van der Waals surface area contributed by atoms with Gasteiger partial charge in [0.1, 0.15) is 0 Å². The van der Waals surface area contributed by atoms with Crippen LogP contribution in [-0.4, -0.2) is 12.8 Å². The van der Waals surface area contributed by atoms with Crippen molar-refractivity contribution in [1.29, 1.82) is 0 Å². The Bertz CT molecular complexity index is 208. The van der Waals surface area contributed by atoms with Crippen molar-refractivity contribution in [3.8, 4) is 0 Å². The van der Waals surface area contributed by atoms with Crippen molar-refractivity contribution < 1.29 is 4.52 Å². The second-order valence-corrected chi connectivity index (χ2v) is 7.76. The molecule has 1 nitrogen and oxygen atoms in total. The predicted octanol–water partition coefficient (Wildman–Crippen LogP) is 8.27. The van der Waals surface area contributed by atoms with Gasteiger partial charge >= 0.3 is 0 Å². The van der Waals surface area contributed by atoms with Crippen LogP contribution in [-0.2, 0) is 4.52 Å². The van der Waals surface area contributed by atoms with Crippen LogP contribution in [0.1, 0.15) is 123 Å². The fourth-order valence-electron chi connectivity index (χ4n) is 3.26. The summed E-state index contributed by atoms with van der Waals surface area (Å²) in [4.78, 5) is 0. The maximum Gasteiger partial charge on any atom is 0.0614 e. The van der Waals surface area contributed by atoms with Crippen molar-refractivity contribution in [2.45, 2.75) is 129 Å². The summed E-state index contributed by atoms with van der Waals surface area (Å²) in [7, 11) is 0.662. The average Bonchev–Trinajstić information content (AvgIpc) is 2.56. The predicted molar refractivity (Wildman–Crippen MR) is 109 cm³/mol. The van der Waals surface area contributed by atoms with Crippen LogP contribution in [0, 0.1) is 0 Å². The molecule has 0 aliphatic carbocycles. The van der Waals surface area contributed by atoms with E-state index in [1.807, 2.05) is 0 Å². The Morgan fingerprint density at radius 2 is 0.913 bits per heavy atom. The molecule has 0 saturated carbocycles. The zero-order valence-corrected chi connectivity index (χ0v) is 17.5. The normalized spacial score (nSPS) is 13.2. The molecule has 0 aliphatic heterocycles. The van der Waals surface area contributed by atoms with Crippen LogP contribution in [0.2, 0.25) is 0 Å². The third-order valence-corrected chi connectivity index (χ3v) is 5.36. The minimum absolute atomic E-state index is 0.550. The molecule has 0 spiro atoms. The van der Waals surface area contributed by atoms with Crippen LogP contribution in [0.15, 0.2) is 0 Å². The number of hydrogen-bond donors (Lipinski definition) is 0. The average molecular weight is 345 g/mol. The van der Waals surface area contributed by atoms with E-state index in [0.717, 1.165) is 0 Å². The molecule has 0 rings (SSSR count). The van der Waals surface area contributed by atoms with Gasteiger partial charge in [0.2, 0.25) is 0 Å². The number of hydrogen-bond acceptors (Lipinski definition) is 1. The Balaban J connectivity index is 3.34. The summed E-state index contributed by atoms with van der Waals surface area (Å²) in [6.07, 6.45) is 24.4. The molecule has 140 valence electrons. The Kier molecular flexibility index (Phi) is 20.8. The zero-order valence-electron chi connectivity index (χ0n) is 16.5. The molecule has 2 unspecified atom stereocenters. The molecule has 0 amide bonds. The van der Waals surface area contributed by atoms with Gasteiger partial charge in [-0.2, -0.15) is 0 Å². The Hall–Kier alpha value is 0.390. The molecular formula is C21H45OP. The second kappa shape index (κ2) is 20.4. The lowest BCUT2D eigenvalue weighted by atomic mass is 10.0. The van der Waals surface area contributed by atoms with Crippen LogP contribution >= 0.6 is 8.81 Å². The van der Waals surface area contributed by atoms with E-state index in [9.17, 15) is 0 Å². The number of unbranched alkanes of at least 4 members (excludes halogenated alkanes) is 13. The number of rotatable bonds is 19. The lowest BCUT2D eigenvalue weighted by Crippen LogP contribution is -2.08. The highest BCUT2D eigenvalue weighted by atomic mass is 31.1. The van der Waals surface area contributed by atoms with E-state index in [-0.39, 0.29) is 0 Å². The zero-order chi connectivity index (χ0) is 17.0. The quantitative estimate of drug-likeness (QED) is 0.169. The summed E-state index contributed by atoms with van der Waals surface area (Å²) in [5.74, 6) is 0. The van der Waals surface area contributed by atoms with E-state index in [0.29, 0.717) is 14.9 Å². The van der Waals surface area contributed by atoms with Crippen molar-refractivity contribution in [3.63, 3.8) is 0 Å². The Labute approximate surface area is 149 Å². The van der Waals surface area contributed by atoms with Crippen LogP contribution < -0.4 is 0 Å². The fraction of sp³-hybridized carbons (Fsp3) is 1.00. The highest BCUT2D eigenvalue weighted by Gasteiger charge is 2.07. The van der Waals surface area contributed by atoms with Crippen LogP contribution in [0.4, 0.5) is 0 Å². The molecule has 0 fully saturated rings. The summed E-state index contributed by atoms with van der Waals surface area (Å²) >= 11 is 0. The highest BCUT2D eigenvalue weighted by molar-refractivity contribution is 7.31. The monoisotopic (exact) mass is 344 g/mol. The van der Waals surface area contributed by atoms with Gasteiger partial charge in [-0.3, -0.25) is 0 Å². The summed E-state index contributed by atoms with van der Waals surface area (Å²) in [6.45, 7) is 6.74. The summed E-state index contributed by atoms with van der Waals surface area (Å²) in [6, 6.07) is 0. The van der Waals surface area contributed by atoms with Gasteiger partial charge < -0.3 is 4.52 Å². The van der Waals surface area contributed by atoms with Gasteiger partial charge in [-0.05, 0) is 19.5 Å². The van der Waals surface area contributed by atoms with E-state index in [4.69, 9.17) is 4.52 Å². The topological polar surface area (TPSA) is 9.23 Å². The van der Waals surface area contributed by atoms with E-state index in [2.05, 4.69) is 20.5 Å². The standard InChI is InChI=1S/C21H45OP/c1-4-6-8-10-11-12-13-14-15-16-18-20-21(22-23-3)19-17-9-7-5-2/h21,23H,4-20H2,1-3H3. The van der Waals surface area contributed by atoms with Crippen LogP contribution in [0.3, 0.4) is 0 Å². The Morgan fingerprint density at radius 1 is 0.565 bits per heavy atom. The van der Waals surface area contributed by atoms with Crippen molar-refractivity contribution in [2.75, 3.05) is 6.66 Å². The molecule has 2 atom stereocenters. The van der Waals surface area contributed by atoms with Crippen molar-refractivity contribution in [3.05, 3.63) is 0 Å². The molecule has 0 saturated heterocycles. The molecule has 0 aromatic heterocycles. The Morgan fingerprint density at radius 3 is 1.30 bits per heavy atom. The first-order chi connectivity index (χ1) is 11.3. The fourth-order valence-corrected chi connectivity index (χ4v) is 3.83. The molecule has 2 heteroatoms. The molecule has 0 bridgehead atoms. The summed E-state index contributed by atoms with van der Waals surface area (Å²) in [5.41, 5.74) is 0. The summed E-state index contributed by atoms with van der Waals surface area (Å²) in [5, 5.41) is 0. The van der Waals surface area contributed by atoms with E-state index < -0.39 is 0 Å². The molecule has 0 heterocycles. The smallest absolute Gasteiger partial charge is 0.0614 e. The summed E-state index contributed by atoms with van der Waals surface area (Å²) < 4.78 is 5.94. The van der Waals surface area contributed by atoms with Gasteiger partial charge in [-0.15, -0.1) is 0 Å². The lowest BCUT2D eigenvalue weighted by Gasteiger charge is -2.16. The SMILES string of the molecule is CCCCCCCCCCCCCC(CCCCCC)OPC. The molecule has 0 aromatic carbocycles. The third-order valence-electron chi connectivity index (χ3n) is 4.79. The maximum absolute atomic E-state index is 5.94. The molecule has 23 heavy (non-hydrogen) atoms. The largest absolute Gasteiger partial charge is 0.360 e. The maximum atomic E-state index is 5.94. The first-order valence-corrected chi connectivity index (χ1v) is 12.1. The minimum atomic E-state index is 0.550. The first-order valence-electron chi connectivity index (χ1n) is 10.7. The highest BCUT2D eigenvalue weighted by Crippen LogP contribution is 2.21. The molecule has 0 aliphatic rings. The van der Waals surface area contributed by atoms with E-state index in [1.54, 1.807) is 0 Å². The van der Waals surface area contributed by atoms with Crippen LogP contribution in [0.5, 0.6) is 0 Å². The minimum Gasteiger partial charge on any atom is -0.360 e. The lowest BCUT2D eigenvalue weighted by molar-refractivity contribution is 0.200. The van der Waals surface area contributed by atoms with E-state index in [1.165, 1.54) is 109 Å². The van der Waals surface area contributed by atoms with Crippen LogP contribution in [0.25, 0.3) is 0 Å². The molecule has 0 N–H and O–H groups in total. The van der Waals surface area contributed by atoms with Gasteiger partial charge in [0.15, 0.2) is 0 Å². The second-order valence-electron chi connectivity index (χ2n) is 7.12. The molecule has 0 aromatic rings. The molecule has 0 radical (unpaired) electrons. The van der Waals surface area contributed by atoms with Gasteiger partial charge in [-0.25, -0.2) is 0 Å². The van der Waals surface area contributed by atoms with Crippen molar-refractivity contribution in [2.24, 2.45) is 0 Å². The van der Waals surface area contributed by atoms with Gasteiger partial charge in [0, 0.05) is 8.81 Å². The van der Waals surface area contributed by atoms with Gasteiger partial charge in [-0.1, -0.05) is 110 Å². The van der Waals surface area contributed by atoms with E-state index >= 15 is 0 Å².